The summed E-state index contributed by atoms with van der Waals surface area (Å²) >= 11 is 4.77. The molecule has 0 bridgehead atoms. The fourth-order valence-corrected chi connectivity index (χ4v) is 3.15. The first-order chi connectivity index (χ1) is 8.08. The number of halogens is 1. The topological polar surface area (TPSA) is 58.2 Å². The number of carbonyl (C=O) groups is 2. The summed E-state index contributed by atoms with van der Waals surface area (Å²) in [5, 5.41) is 5.51. The average Bonchev–Trinajstić information content (AvgIpc) is 2.63. The summed E-state index contributed by atoms with van der Waals surface area (Å²) < 4.78 is 0.954. The van der Waals surface area contributed by atoms with E-state index >= 15 is 0 Å². The number of amides is 2. The smallest absolute Gasteiger partial charge is 0.262 e. The van der Waals surface area contributed by atoms with Crippen molar-refractivity contribution in [3.63, 3.8) is 0 Å². The monoisotopic (exact) mass is 316 g/mol. The van der Waals surface area contributed by atoms with Crippen LogP contribution in [0.2, 0.25) is 0 Å². The Morgan fingerprint density at radius 1 is 1.65 bits per heavy atom. The lowest BCUT2D eigenvalue weighted by Gasteiger charge is -2.22. The molecule has 17 heavy (non-hydrogen) atoms. The molecule has 0 aliphatic carbocycles. The van der Waals surface area contributed by atoms with Crippen LogP contribution in [0.3, 0.4) is 0 Å². The second kappa shape index (κ2) is 5.18. The van der Waals surface area contributed by atoms with Crippen LogP contribution >= 0.6 is 27.3 Å². The van der Waals surface area contributed by atoms with Crippen molar-refractivity contribution in [3.05, 3.63) is 20.3 Å². The molecule has 1 atom stereocenters. The molecule has 92 valence electrons. The van der Waals surface area contributed by atoms with Gasteiger partial charge >= 0.3 is 0 Å². The van der Waals surface area contributed by atoms with Crippen molar-refractivity contribution in [3.8, 4) is 0 Å². The molecular weight excluding hydrogens is 304 g/mol. The van der Waals surface area contributed by atoms with Gasteiger partial charge in [-0.15, -0.1) is 11.3 Å². The number of aryl methyl sites for hydroxylation is 1. The van der Waals surface area contributed by atoms with Crippen LogP contribution in [0.5, 0.6) is 0 Å². The molecule has 2 amide bonds. The highest BCUT2D eigenvalue weighted by Gasteiger charge is 2.24. The summed E-state index contributed by atoms with van der Waals surface area (Å²) in [6, 6.07) is 1.43. The molecule has 0 radical (unpaired) electrons. The van der Waals surface area contributed by atoms with Crippen LogP contribution in [0.4, 0.5) is 0 Å². The van der Waals surface area contributed by atoms with Crippen LogP contribution in [0.1, 0.15) is 28.1 Å². The minimum absolute atomic E-state index is 0.0862. The van der Waals surface area contributed by atoms with Crippen molar-refractivity contribution in [2.75, 3.05) is 6.54 Å². The highest BCUT2D eigenvalue weighted by atomic mass is 79.9. The molecule has 4 nitrogen and oxygen atoms in total. The van der Waals surface area contributed by atoms with Gasteiger partial charge in [0.25, 0.3) is 5.91 Å². The number of thiophene rings is 1. The lowest BCUT2D eigenvalue weighted by atomic mass is 10.1. The molecule has 1 aliphatic heterocycles. The lowest BCUT2D eigenvalue weighted by Crippen LogP contribution is -2.50. The Hall–Kier alpha value is -0.880. The number of piperidine rings is 1. The van der Waals surface area contributed by atoms with Gasteiger partial charge in [0.15, 0.2) is 0 Å². The molecular formula is C11H13BrN2O2S. The summed E-state index contributed by atoms with van der Waals surface area (Å²) in [6.07, 6.45) is 1.62. The maximum atomic E-state index is 11.9. The van der Waals surface area contributed by atoms with Crippen LogP contribution in [-0.4, -0.2) is 24.4 Å². The molecule has 1 unspecified atom stereocenters. The van der Waals surface area contributed by atoms with Gasteiger partial charge in [-0.3, -0.25) is 9.59 Å². The van der Waals surface area contributed by atoms with E-state index in [1.54, 1.807) is 0 Å². The highest BCUT2D eigenvalue weighted by Crippen LogP contribution is 2.27. The molecule has 2 N–H and O–H groups in total. The third-order valence-corrected chi connectivity index (χ3v) is 4.81. The summed E-state index contributed by atoms with van der Waals surface area (Å²) in [7, 11) is 0. The van der Waals surface area contributed by atoms with E-state index < -0.39 is 6.04 Å². The van der Waals surface area contributed by atoms with E-state index in [4.69, 9.17) is 0 Å². The van der Waals surface area contributed by atoms with Crippen molar-refractivity contribution in [2.24, 2.45) is 0 Å². The van der Waals surface area contributed by atoms with Gasteiger partial charge in [-0.1, -0.05) is 0 Å². The van der Waals surface area contributed by atoms with Gasteiger partial charge in [0.1, 0.15) is 6.04 Å². The van der Waals surface area contributed by atoms with E-state index in [0.29, 0.717) is 17.8 Å². The Bertz CT molecular complexity index is 439. The second-order valence-corrected chi connectivity index (χ2v) is 6.40. The molecule has 0 aromatic carbocycles. The van der Waals surface area contributed by atoms with Crippen LogP contribution in [0.25, 0.3) is 0 Å². The third kappa shape index (κ3) is 2.87. The van der Waals surface area contributed by atoms with Gasteiger partial charge in [0, 0.05) is 6.54 Å². The average molecular weight is 317 g/mol. The second-order valence-electron chi connectivity index (χ2n) is 4.03. The van der Waals surface area contributed by atoms with E-state index in [9.17, 15) is 9.59 Å². The first kappa shape index (κ1) is 12.6. The van der Waals surface area contributed by atoms with Gasteiger partial charge in [-0.2, -0.15) is 0 Å². The Balaban J connectivity index is 2.03. The Morgan fingerprint density at radius 3 is 3.00 bits per heavy atom. The summed E-state index contributed by atoms with van der Waals surface area (Å²) in [5.41, 5.74) is 1.04. The molecule has 1 aliphatic rings. The summed E-state index contributed by atoms with van der Waals surface area (Å²) in [5.74, 6) is -0.261. The normalized spacial score (nSPS) is 19.9. The quantitative estimate of drug-likeness (QED) is 0.874. The van der Waals surface area contributed by atoms with Crippen molar-refractivity contribution in [2.45, 2.75) is 25.8 Å². The SMILES string of the molecule is Cc1cc(C(=O)NC2CCCNC2=O)sc1Br. The predicted octanol–water partition coefficient (Wildman–Crippen LogP) is 1.83. The zero-order valence-electron chi connectivity index (χ0n) is 9.38. The maximum absolute atomic E-state index is 11.9. The zero-order chi connectivity index (χ0) is 12.4. The van der Waals surface area contributed by atoms with Gasteiger partial charge in [-0.05, 0) is 47.3 Å². The number of hydrogen-bond donors (Lipinski definition) is 2. The van der Waals surface area contributed by atoms with Gasteiger partial charge in [-0.25, -0.2) is 0 Å². The minimum atomic E-state index is -0.391. The molecule has 1 aromatic heterocycles. The lowest BCUT2D eigenvalue weighted by molar-refractivity contribution is -0.124. The molecule has 2 rings (SSSR count). The van der Waals surface area contributed by atoms with Crippen molar-refractivity contribution in [1.29, 1.82) is 0 Å². The molecule has 1 aromatic rings. The first-order valence-electron chi connectivity index (χ1n) is 5.42. The maximum Gasteiger partial charge on any atom is 0.262 e. The van der Waals surface area contributed by atoms with Gasteiger partial charge in [0.2, 0.25) is 5.91 Å². The van der Waals surface area contributed by atoms with E-state index in [-0.39, 0.29) is 11.8 Å². The first-order valence-corrected chi connectivity index (χ1v) is 7.03. The molecule has 0 spiro atoms. The number of hydrogen-bond acceptors (Lipinski definition) is 3. The predicted molar refractivity (Wildman–Crippen MR) is 70.3 cm³/mol. The molecule has 1 fully saturated rings. The Labute approximate surface area is 112 Å². The fourth-order valence-electron chi connectivity index (χ4n) is 1.71. The highest BCUT2D eigenvalue weighted by molar-refractivity contribution is 9.11. The third-order valence-electron chi connectivity index (χ3n) is 2.67. The molecule has 2 heterocycles. The van der Waals surface area contributed by atoms with E-state index in [0.717, 1.165) is 15.8 Å². The van der Waals surface area contributed by atoms with Gasteiger partial charge < -0.3 is 10.6 Å². The van der Waals surface area contributed by atoms with E-state index in [1.165, 1.54) is 11.3 Å². The van der Waals surface area contributed by atoms with Crippen LogP contribution in [0, 0.1) is 6.92 Å². The van der Waals surface area contributed by atoms with E-state index in [2.05, 4.69) is 26.6 Å². The Morgan fingerprint density at radius 2 is 2.41 bits per heavy atom. The summed E-state index contributed by atoms with van der Waals surface area (Å²) in [4.78, 5) is 24.1. The standard InChI is InChI=1S/C11H13BrN2O2S/c1-6-5-8(17-9(6)12)11(16)14-7-3-2-4-13-10(7)15/h5,7H,2-4H2,1H3,(H,13,15)(H,14,16). The van der Waals surface area contributed by atoms with Crippen LogP contribution in [0.15, 0.2) is 9.85 Å². The molecule has 6 heteroatoms. The fraction of sp³-hybridized carbons (Fsp3) is 0.455. The number of nitrogens with one attached hydrogen (secondary N) is 2. The summed E-state index contributed by atoms with van der Waals surface area (Å²) in [6.45, 7) is 2.64. The van der Waals surface area contributed by atoms with Crippen molar-refractivity contribution in [1.82, 2.24) is 10.6 Å². The molecule has 0 saturated carbocycles. The van der Waals surface area contributed by atoms with Crippen LogP contribution < -0.4 is 10.6 Å². The van der Waals surface area contributed by atoms with Gasteiger partial charge in [0.05, 0.1) is 8.66 Å². The van der Waals surface area contributed by atoms with Crippen molar-refractivity contribution >= 4 is 39.1 Å². The minimum Gasteiger partial charge on any atom is -0.354 e. The largest absolute Gasteiger partial charge is 0.354 e. The molecule has 1 saturated heterocycles. The Kier molecular flexibility index (Phi) is 3.83. The van der Waals surface area contributed by atoms with E-state index in [1.807, 2.05) is 13.0 Å². The number of carbonyl (C=O) groups excluding carboxylic acids is 2. The number of rotatable bonds is 2. The zero-order valence-corrected chi connectivity index (χ0v) is 11.8. The van der Waals surface area contributed by atoms with Crippen molar-refractivity contribution < 1.29 is 9.59 Å². The van der Waals surface area contributed by atoms with Crippen LogP contribution in [-0.2, 0) is 4.79 Å².